The second-order valence-corrected chi connectivity index (χ2v) is 10.7. The number of hydrogen-bond donors (Lipinski definition) is 2. The molecule has 6 rings (SSSR count). The number of carboxylic acids is 1. The van der Waals surface area contributed by atoms with Crippen molar-refractivity contribution in [1.29, 1.82) is 0 Å². The van der Waals surface area contributed by atoms with Crippen LogP contribution >= 0.6 is 0 Å². The van der Waals surface area contributed by atoms with Crippen LogP contribution in [-0.2, 0) is 9.53 Å². The molecule has 0 amide bonds. The summed E-state index contributed by atoms with van der Waals surface area (Å²) in [6.45, 7) is 3.22. The van der Waals surface area contributed by atoms with Crippen molar-refractivity contribution >= 4 is 16.9 Å². The first kappa shape index (κ1) is 21.7. The van der Waals surface area contributed by atoms with Crippen molar-refractivity contribution in [3.8, 4) is 11.4 Å². The van der Waals surface area contributed by atoms with E-state index in [4.69, 9.17) is 4.74 Å². The Morgan fingerprint density at radius 1 is 1.06 bits per heavy atom. The van der Waals surface area contributed by atoms with Gasteiger partial charge in [0.05, 0.1) is 11.4 Å². The van der Waals surface area contributed by atoms with E-state index in [0.717, 1.165) is 55.1 Å². The molecule has 0 atom stereocenters. The highest BCUT2D eigenvalue weighted by molar-refractivity contribution is 5.89. The Morgan fingerprint density at radius 2 is 1.79 bits per heavy atom. The number of aryl methyl sites for hydroxylation is 1. The fourth-order valence-electron chi connectivity index (χ4n) is 6.85. The van der Waals surface area contributed by atoms with Crippen LogP contribution in [-0.4, -0.2) is 34.0 Å². The maximum atomic E-state index is 14.2. The van der Waals surface area contributed by atoms with Gasteiger partial charge in [-0.15, -0.1) is 0 Å². The Balaban J connectivity index is 1.50. The van der Waals surface area contributed by atoms with Gasteiger partial charge in [-0.1, -0.05) is 0 Å². The second kappa shape index (κ2) is 7.84. The molecule has 3 aliphatic rings. The minimum Gasteiger partial charge on any atom is -0.508 e. The van der Waals surface area contributed by atoms with E-state index in [0.29, 0.717) is 30.6 Å². The molecule has 0 unspecified atom stereocenters. The molecule has 3 fully saturated rings. The molecule has 2 N–H and O–H groups in total. The minimum atomic E-state index is -0.676. The summed E-state index contributed by atoms with van der Waals surface area (Å²) in [5.74, 6) is -0.213. The Kier molecular flexibility index (Phi) is 4.99. The van der Waals surface area contributed by atoms with Crippen molar-refractivity contribution in [2.24, 2.45) is 11.3 Å². The molecule has 1 aromatic heterocycles. The van der Waals surface area contributed by atoms with E-state index in [1.165, 1.54) is 17.3 Å². The third-order valence-corrected chi connectivity index (χ3v) is 8.51. The molecular formula is C28H30FNO4. The number of aromatic hydroxyl groups is 1. The van der Waals surface area contributed by atoms with Crippen LogP contribution in [0.2, 0.25) is 0 Å². The lowest BCUT2D eigenvalue weighted by Crippen LogP contribution is -2.49. The van der Waals surface area contributed by atoms with Crippen molar-refractivity contribution in [3.05, 3.63) is 59.0 Å². The van der Waals surface area contributed by atoms with Gasteiger partial charge < -0.3 is 19.5 Å². The quantitative estimate of drug-likeness (QED) is 0.495. The second-order valence-electron chi connectivity index (χ2n) is 10.7. The minimum absolute atomic E-state index is 0.151. The number of benzene rings is 2. The number of halogens is 1. The molecule has 3 aromatic rings. The Hall–Kier alpha value is -2.86. The zero-order chi connectivity index (χ0) is 23.6. The number of phenols is 1. The van der Waals surface area contributed by atoms with E-state index in [1.54, 1.807) is 13.0 Å². The Bertz CT molecular complexity index is 1280. The van der Waals surface area contributed by atoms with Crippen molar-refractivity contribution in [3.63, 3.8) is 0 Å². The fraction of sp³-hybridized carbons (Fsp3) is 0.464. The number of carboxylic acid groups (broad SMARTS) is 1. The van der Waals surface area contributed by atoms with E-state index in [-0.39, 0.29) is 22.9 Å². The number of hydrogen-bond acceptors (Lipinski definition) is 3. The number of aromatic nitrogens is 1. The van der Waals surface area contributed by atoms with Crippen LogP contribution in [0.1, 0.15) is 67.2 Å². The lowest BCUT2D eigenvalue weighted by molar-refractivity contribution is -0.155. The average Bonchev–Trinajstić information content (AvgIpc) is 3.08. The fourth-order valence-corrected chi connectivity index (χ4v) is 6.85. The molecule has 0 bridgehead atoms. The van der Waals surface area contributed by atoms with Gasteiger partial charge in [0, 0.05) is 35.9 Å². The van der Waals surface area contributed by atoms with Gasteiger partial charge in [0.2, 0.25) is 0 Å². The number of carbonyl (C=O) groups is 1. The summed E-state index contributed by atoms with van der Waals surface area (Å²) in [4.78, 5) is 11.4. The van der Waals surface area contributed by atoms with Crippen LogP contribution < -0.4 is 0 Å². The summed E-state index contributed by atoms with van der Waals surface area (Å²) in [7, 11) is 0. The first-order valence-corrected chi connectivity index (χ1v) is 12.3. The lowest BCUT2D eigenvalue weighted by atomic mass is 9.47. The van der Waals surface area contributed by atoms with Crippen molar-refractivity contribution in [1.82, 2.24) is 4.57 Å². The number of phenolic OH excluding ortho intramolecular Hbond substituents is 1. The monoisotopic (exact) mass is 463 g/mol. The highest BCUT2D eigenvalue weighted by atomic mass is 19.1. The van der Waals surface area contributed by atoms with Gasteiger partial charge in [-0.25, -0.2) is 4.39 Å². The number of rotatable bonds is 4. The third kappa shape index (κ3) is 3.34. The van der Waals surface area contributed by atoms with Crippen LogP contribution in [0.5, 0.6) is 5.75 Å². The van der Waals surface area contributed by atoms with Gasteiger partial charge in [0.25, 0.3) is 0 Å². The van der Waals surface area contributed by atoms with Crippen molar-refractivity contribution < 1.29 is 24.1 Å². The molecule has 2 saturated carbocycles. The summed E-state index contributed by atoms with van der Waals surface area (Å²) in [6.07, 6.45) is 5.37. The summed E-state index contributed by atoms with van der Waals surface area (Å²) in [6, 6.07) is 10.8. The van der Waals surface area contributed by atoms with Crippen LogP contribution in [0.4, 0.5) is 4.39 Å². The van der Waals surface area contributed by atoms with E-state index in [2.05, 4.69) is 4.57 Å². The average molecular weight is 464 g/mol. The summed E-state index contributed by atoms with van der Waals surface area (Å²) in [5, 5.41) is 20.8. The summed E-state index contributed by atoms with van der Waals surface area (Å²) in [5.41, 5.74) is 5.25. The first-order chi connectivity index (χ1) is 16.3. The Morgan fingerprint density at radius 3 is 2.47 bits per heavy atom. The lowest BCUT2D eigenvalue weighted by Gasteiger charge is -2.57. The third-order valence-electron chi connectivity index (χ3n) is 8.51. The number of aliphatic carboxylic acids is 1. The predicted molar refractivity (Wildman–Crippen MR) is 127 cm³/mol. The standard InChI is InChI=1S/C28H30FNO4/c1-16-10-20(2-4-23(16)29)30-24-5-3-21(31)11-22(24)25(26(30)17-6-8-34-9-7-17)18-12-28(13-18)14-19(15-28)27(32)33/h2-5,10-11,17-19,31H,6-9,12-15H2,1H3,(H,32,33). The zero-order valence-corrected chi connectivity index (χ0v) is 19.4. The molecule has 1 spiro atoms. The van der Waals surface area contributed by atoms with Gasteiger partial charge in [-0.3, -0.25) is 4.79 Å². The predicted octanol–water partition coefficient (Wildman–Crippen LogP) is 6.04. The van der Waals surface area contributed by atoms with Gasteiger partial charge in [-0.05, 0) is 104 Å². The molecule has 6 heteroatoms. The molecule has 1 saturated heterocycles. The highest BCUT2D eigenvalue weighted by Gasteiger charge is 2.56. The smallest absolute Gasteiger partial charge is 0.306 e. The maximum Gasteiger partial charge on any atom is 0.306 e. The topological polar surface area (TPSA) is 71.7 Å². The highest BCUT2D eigenvalue weighted by Crippen LogP contribution is 2.65. The van der Waals surface area contributed by atoms with Gasteiger partial charge >= 0.3 is 5.97 Å². The molecule has 2 aromatic carbocycles. The first-order valence-electron chi connectivity index (χ1n) is 12.3. The van der Waals surface area contributed by atoms with Crippen LogP contribution in [0.3, 0.4) is 0 Å². The van der Waals surface area contributed by atoms with Crippen molar-refractivity contribution in [2.75, 3.05) is 13.2 Å². The SMILES string of the molecule is Cc1cc(-n2c(C3CCOCC3)c(C3CC4(CC(C(=O)O)C4)C3)c3cc(O)ccc32)ccc1F. The van der Waals surface area contributed by atoms with E-state index >= 15 is 0 Å². The molecule has 5 nitrogen and oxygen atoms in total. The molecule has 0 radical (unpaired) electrons. The molecular weight excluding hydrogens is 433 g/mol. The molecule has 2 heterocycles. The van der Waals surface area contributed by atoms with Gasteiger partial charge in [0.15, 0.2) is 0 Å². The van der Waals surface area contributed by atoms with Crippen LogP contribution in [0, 0.1) is 24.1 Å². The largest absolute Gasteiger partial charge is 0.508 e. The van der Waals surface area contributed by atoms with Gasteiger partial charge in [0.1, 0.15) is 11.6 Å². The molecule has 1 aliphatic heterocycles. The summed E-state index contributed by atoms with van der Waals surface area (Å²) >= 11 is 0. The normalized spacial score (nSPS) is 27.0. The maximum absolute atomic E-state index is 14.2. The molecule has 178 valence electrons. The van der Waals surface area contributed by atoms with E-state index in [9.17, 15) is 19.4 Å². The van der Waals surface area contributed by atoms with Crippen LogP contribution in [0.25, 0.3) is 16.6 Å². The van der Waals surface area contributed by atoms with E-state index < -0.39 is 5.97 Å². The Labute approximate surface area is 198 Å². The number of fused-ring (bicyclic) bond motifs is 1. The summed E-state index contributed by atoms with van der Waals surface area (Å²) < 4.78 is 22.1. The van der Waals surface area contributed by atoms with Gasteiger partial charge in [-0.2, -0.15) is 0 Å². The number of ether oxygens (including phenoxy) is 1. The van der Waals surface area contributed by atoms with Crippen molar-refractivity contribution in [2.45, 2.75) is 57.3 Å². The molecule has 2 aliphatic carbocycles. The van der Waals surface area contributed by atoms with E-state index in [1.807, 2.05) is 24.3 Å². The zero-order valence-electron chi connectivity index (χ0n) is 19.4. The van der Waals surface area contributed by atoms with Crippen LogP contribution in [0.15, 0.2) is 36.4 Å². The molecule has 34 heavy (non-hydrogen) atoms. The number of nitrogens with zero attached hydrogens (tertiary/aromatic N) is 1.